The Labute approximate surface area is 162 Å². The molecule has 0 saturated carbocycles. The van der Waals surface area contributed by atoms with Gasteiger partial charge in [-0.25, -0.2) is 4.90 Å². The number of fused-ring (bicyclic) bond motifs is 4. The number of carbonyl (C=O) groups is 3. The monoisotopic (exact) mass is 376 g/mol. The SMILES string of the molecule is CC(C)[C@@H]1[NH2+][C@]2(C(=O)Nc3ccccc32)[C@H]2C(=O)N(c3ccccc3)C(=O)[C@H]12. The Morgan fingerprint density at radius 2 is 1.64 bits per heavy atom. The van der Waals surface area contributed by atoms with Crippen LogP contribution in [-0.4, -0.2) is 23.8 Å². The van der Waals surface area contributed by atoms with E-state index in [-0.39, 0.29) is 29.7 Å². The predicted octanol–water partition coefficient (Wildman–Crippen LogP) is 1.24. The summed E-state index contributed by atoms with van der Waals surface area (Å²) in [7, 11) is 0. The van der Waals surface area contributed by atoms with Gasteiger partial charge in [0.1, 0.15) is 17.9 Å². The molecule has 2 aromatic rings. The average Bonchev–Trinajstić information content (AvgIpc) is 3.28. The van der Waals surface area contributed by atoms with Gasteiger partial charge in [0.05, 0.1) is 11.4 Å². The van der Waals surface area contributed by atoms with E-state index in [9.17, 15) is 14.4 Å². The summed E-state index contributed by atoms with van der Waals surface area (Å²) in [6.07, 6.45) is 0. The number of quaternary nitrogens is 1. The summed E-state index contributed by atoms with van der Waals surface area (Å²) < 4.78 is 0. The van der Waals surface area contributed by atoms with E-state index in [4.69, 9.17) is 0 Å². The van der Waals surface area contributed by atoms with Crippen LogP contribution < -0.4 is 15.5 Å². The van der Waals surface area contributed by atoms with E-state index in [0.29, 0.717) is 5.69 Å². The molecule has 0 unspecified atom stereocenters. The summed E-state index contributed by atoms with van der Waals surface area (Å²) in [5.41, 5.74) is 1.00. The lowest BCUT2D eigenvalue weighted by Gasteiger charge is -2.27. The molecule has 2 fully saturated rings. The van der Waals surface area contributed by atoms with Crippen molar-refractivity contribution < 1.29 is 19.7 Å². The summed E-state index contributed by atoms with van der Waals surface area (Å²) in [6, 6.07) is 16.3. The maximum absolute atomic E-state index is 13.6. The van der Waals surface area contributed by atoms with Crippen LogP contribution in [0.25, 0.3) is 0 Å². The molecule has 0 radical (unpaired) electrons. The summed E-state index contributed by atoms with van der Waals surface area (Å²) in [6.45, 7) is 4.08. The molecule has 4 atom stereocenters. The lowest BCUT2D eigenvalue weighted by molar-refractivity contribution is -0.738. The van der Waals surface area contributed by atoms with Crippen LogP contribution in [0.15, 0.2) is 54.6 Å². The molecule has 2 saturated heterocycles. The first-order chi connectivity index (χ1) is 13.5. The number of nitrogens with one attached hydrogen (secondary N) is 1. The van der Waals surface area contributed by atoms with Gasteiger partial charge in [-0.1, -0.05) is 50.2 Å². The number of anilines is 2. The van der Waals surface area contributed by atoms with Gasteiger partial charge in [-0.2, -0.15) is 0 Å². The van der Waals surface area contributed by atoms with Crippen LogP contribution in [0.5, 0.6) is 0 Å². The predicted molar refractivity (Wildman–Crippen MR) is 103 cm³/mol. The van der Waals surface area contributed by atoms with E-state index >= 15 is 0 Å². The smallest absolute Gasteiger partial charge is 0.291 e. The Bertz CT molecular complexity index is 1000. The van der Waals surface area contributed by atoms with E-state index in [1.807, 2.05) is 61.6 Å². The lowest BCUT2D eigenvalue weighted by Crippen LogP contribution is -2.99. The number of hydrogen-bond acceptors (Lipinski definition) is 3. The Morgan fingerprint density at radius 1 is 0.964 bits per heavy atom. The number of para-hydroxylation sites is 2. The quantitative estimate of drug-likeness (QED) is 0.774. The summed E-state index contributed by atoms with van der Waals surface area (Å²) in [4.78, 5) is 41.5. The van der Waals surface area contributed by atoms with Crippen LogP contribution in [0.3, 0.4) is 0 Å². The highest BCUT2D eigenvalue weighted by atomic mass is 16.2. The normalized spacial score (nSPS) is 30.9. The fourth-order valence-electron chi connectivity index (χ4n) is 5.28. The molecule has 3 amide bonds. The molecule has 0 bridgehead atoms. The van der Waals surface area contributed by atoms with Gasteiger partial charge in [-0.15, -0.1) is 0 Å². The number of imide groups is 1. The summed E-state index contributed by atoms with van der Waals surface area (Å²) >= 11 is 0. The first-order valence-corrected chi connectivity index (χ1v) is 9.66. The highest BCUT2D eigenvalue weighted by Gasteiger charge is 2.74. The number of nitrogens with zero attached hydrogens (tertiary/aromatic N) is 1. The Morgan fingerprint density at radius 3 is 2.36 bits per heavy atom. The van der Waals surface area contributed by atoms with Gasteiger partial charge in [0.15, 0.2) is 0 Å². The Kier molecular flexibility index (Phi) is 3.52. The molecule has 28 heavy (non-hydrogen) atoms. The minimum absolute atomic E-state index is 0.139. The highest BCUT2D eigenvalue weighted by Crippen LogP contribution is 2.50. The zero-order chi connectivity index (χ0) is 19.6. The van der Waals surface area contributed by atoms with Crippen LogP contribution in [0.2, 0.25) is 0 Å². The number of carbonyl (C=O) groups excluding carboxylic acids is 3. The van der Waals surface area contributed by atoms with Crippen LogP contribution >= 0.6 is 0 Å². The van der Waals surface area contributed by atoms with Crippen molar-refractivity contribution in [2.24, 2.45) is 17.8 Å². The zero-order valence-electron chi connectivity index (χ0n) is 15.8. The van der Waals surface area contributed by atoms with Crippen LogP contribution in [0, 0.1) is 17.8 Å². The zero-order valence-corrected chi connectivity index (χ0v) is 15.8. The van der Waals surface area contributed by atoms with E-state index in [1.54, 1.807) is 12.1 Å². The molecule has 5 rings (SSSR count). The molecule has 3 aliphatic rings. The summed E-state index contributed by atoms with van der Waals surface area (Å²) in [5, 5.41) is 4.92. The first kappa shape index (κ1) is 17.1. The van der Waals surface area contributed by atoms with Gasteiger partial charge in [-0.3, -0.25) is 14.4 Å². The van der Waals surface area contributed by atoms with Crippen molar-refractivity contribution in [1.29, 1.82) is 0 Å². The van der Waals surface area contributed by atoms with E-state index < -0.39 is 17.4 Å². The second-order valence-corrected chi connectivity index (χ2v) is 8.21. The Balaban J connectivity index is 1.70. The van der Waals surface area contributed by atoms with Crippen molar-refractivity contribution in [3.63, 3.8) is 0 Å². The average molecular weight is 376 g/mol. The number of hydrogen-bond donors (Lipinski definition) is 2. The topological polar surface area (TPSA) is 83.1 Å². The minimum Gasteiger partial charge on any atom is -0.326 e. The molecule has 1 spiro atoms. The van der Waals surface area contributed by atoms with Crippen LogP contribution in [0.1, 0.15) is 19.4 Å². The molecular formula is C22H22N3O3+. The van der Waals surface area contributed by atoms with Crippen molar-refractivity contribution >= 4 is 29.1 Å². The number of rotatable bonds is 2. The number of benzene rings is 2. The summed E-state index contributed by atoms with van der Waals surface area (Å²) in [5.74, 6) is -1.79. The second-order valence-electron chi connectivity index (χ2n) is 8.21. The molecule has 6 nitrogen and oxygen atoms in total. The van der Waals surface area contributed by atoms with Crippen molar-refractivity contribution in [3.8, 4) is 0 Å². The van der Waals surface area contributed by atoms with Crippen molar-refractivity contribution in [3.05, 3.63) is 60.2 Å². The third-order valence-electron chi connectivity index (χ3n) is 6.49. The molecule has 0 aliphatic carbocycles. The molecule has 142 valence electrons. The van der Waals surface area contributed by atoms with Crippen molar-refractivity contribution in [1.82, 2.24) is 0 Å². The molecule has 6 heteroatoms. The number of nitrogens with two attached hydrogens (primary N) is 1. The van der Waals surface area contributed by atoms with Gasteiger partial charge >= 0.3 is 0 Å². The minimum atomic E-state index is -1.09. The van der Waals surface area contributed by atoms with E-state index in [2.05, 4.69) is 5.32 Å². The molecule has 2 aromatic carbocycles. The fraction of sp³-hybridized carbons (Fsp3) is 0.318. The molecule has 3 heterocycles. The van der Waals surface area contributed by atoms with E-state index in [0.717, 1.165) is 11.3 Å². The molecule has 0 aromatic heterocycles. The maximum atomic E-state index is 13.6. The highest BCUT2D eigenvalue weighted by molar-refractivity contribution is 6.25. The maximum Gasteiger partial charge on any atom is 0.291 e. The van der Waals surface area contributed by atoms with Gasteiger partial charge in [0.2, 0.25) is 17.4 Å². The third kappa shape index (κ3) is 1.98. The van der Waals surface area contributed by atoms with Gasteiger partial charge < -0.3 is 10.6 Å². The molecule has 3 N–H and O–H groups in total. The fourth-order valence-corrected chi connectivity index (χ4v) is 5.28. The van der Waals surface area contributed by atoms with Gasteiger partial charge in [-0.05, 0) is 18.2 Å². The first-order valence-electron chi connectivity index (χ1n) is 9.66. The van der Waals surface area contributed by atoms with Crippen molar-refractivity contribution in [2.45, 2.75) is 25.4 Å². The lowest BCUT2D eigenvalue weighted by atomic mass is 9.76. The standard InChI is InChI=1S/C22H21N3O3/c1-12(2)18-16-17(20(27)25(19(16)26)13-8-4-3-5-9-13)22(24-18)14-10-6-7-11-15(14)23-21(22)28/h3-12,16-18,24H,1-2H3,(H,23,28)/p+1/t16-,17+,18-,22-/m0/s1. The molecule has 3 aliphatic heterocycles. The van der Waals surface area contributed by atoms with Crippen LogP contribution in [-0.2, 0) is 19.9 Å². The third-order valence-corrected chi connectivity index (χ3v) is 6.49. The van der Waals surface area contributed by atoms with Gasteiger partial charge in [0.25, 0.3) is 5.91 Å². The number of amides is 3. The van der Waals surface area contributed by atoms with Crippen molar-refractivity contribution in [2.75, 3.05) is 10.2 Å². The molecular weight excluding hydrogens is 354 g/mol. The second kappa shape index (κ2) is 5.75. The largest absolute Gasteiger partial charge is 0.326 e. The van der Waals surface area contributed by atoms with Gasteiger partial charge in [0, 0.05) is 11.5 Å². The van der Waals surface area contributed by atoms with E-state index in [1.165, 1.54) is 4.90 Å². The Hall–Kier alpha value is -2.99. The van der Waals surface area contributed by atoms with Crippen LogP contribution in [0.4, 0.5) is 11.4 Å².